The molecule has 1 amide bonds. The second-order valence-corrected chi connectivity index (χ2v) is 7.62. The summed E-state index contributed by atoms with van der Waals surface area (Å²) in [6, 6.07) is 2.09. The van der Waals surface area contributed by atoms with E-state index in [1.165, 1.54) is 10.4 Å². The van der Waals surface area contributed by atoms with Crippen molar-refractivity contribution in [1.29, 1.82) is 0 Å². The summed E-state index contributed by atoms with van der Waals surface area (Å²) in [6.07, 6.45) is 3.68. The highest BCUT2D eigenvalue weighted by Crippen LogP contribution is 2.19. The number of carbonyl (C=O) groups excluding carboxylic acids is 1. The summed E-state index contributed by atoms with van der Waals surface area (Å²) in [7, 11) is 0. The molecule has 1 aliphatic rings. The van der Waals surface area contributed by atoms with E-state index in [0.717, 1.165) is 31.6 Å². The van der Waals surface area contributed by atoms with Crippen molar-refractivity contribution in [3.63, 3.8) is 0 Å². The molecule has 0 N–H and O–H groups in total. The van der Waals surface area contributed by atoms with Crippen LogP contribution in [-0.4, -0.2) is 35.0 Å². The zero-order valence-electron chi connectivity index (χ0n) is 13.4. The molecule has 0 radical (unpaired) electrons. The highest BCUT2D eigenvalue weighted by Gasteiger charge is 2.23. The first-order chi connectivity index (χ1) is 11.2. The maximum Gasteiger partial charge on any atom is 0.223 e. The summed E-state index contributed by atoms with van der Waals surface area (Å²) < 4.78 is 5.72. The minimum absolute atomic E-state index is 0.197. The number of aryl methyl sites for hydroxylation is 2. The van der Waals surface area contributed by atoms with Crippen LogP contribution in [0.4, 0.5) is 0 Å². The van der Waals surface area contributed by atoms with E-state index in [1.807, 2.05) is 17.3 Å². The summed E-state index contributed by atoms with van der Waals surface area (Å²) >= 11 is 3.31. The molecule has 0 spiro atoms. The molecule has 1 saturated heterocycles. The van der Waals surface area contributed by atoms with E-state index in [-0.39, 0.29) is 12.0 Å². The normalized spacial score (nSPS) is 17.5. The first kappa shape index (κ1) is 16.6. The number of ether oxygens (including phenoxy) is 1. The number of aromatic nitrogens is 1. The van der Waals surface area contributed by atoms with Gasteiger partial charge in [0, 0.05) is 31.0 Å². The molecule has 124 valence electrons. The summed E-state index contributed by atoms with van der Waals surface area (Å²) in [4.78, 5) is 20.2. The van der Waals surface area contributed by atoms with E-state index in [0.29, 0.717) is 19.5 Å². The fraction of sp³-hybridized carbons (Fsp3) is 0.529. The van der Waals surface area contributed by atoms with Gasteiger partial charge in [0.2, 0.25) is 5.91 Å². The van der Waals surface area contributed by atoms with Crippen LogP contribution < -0.4 is 0 Å². The highest BCUT2D eigenvalue weighted by atomic mass is 32.1. The molecule has 3 heterocycles. The number of nitrogens with zero attached hydrogens (tertiary/aromatic N) is 2. The van der Waals surface area contributed by atoms with Crippen molar-refractivity contribution in [2.75, 3.05) is 13.2 Å². The Labute approximate surface area is 145 Å². The Morgan fingerprint density at radius 2 is 2.43 bits per heavy atom. The zero-order valence-corrected chi connectivity index (χ0v) is 15.0. The average Bonchev–Trinajstić information content (AvgIpc) is 3.27. The predicted octanol–water partition coefficient (Wildman–Crippen LogP) is 3.65. The molecule has 0 saturated carbocycles. The van der Waals surface area contributed by atoms with Gasteiger partial charge in [-0.15, -0.1) is 11.3 Å². The van der Waals surface area contributed by atoms with Gasteiger partial charge in [0.25, 0.3) is 0 Å². The van der Waals surface area contributed by atoms with Gasteiger partial charge in [0.1, 0.15) is 0 Å². The molecule has 6 heteroatoms. The SMILES string of the molecule is Cc1ncsc1CCC(=O)N(Cc1ccsc1)CC1CCCO1. The lowest BCUT2D eigenvalue weighted by molar-refractivity contribution is -0.133. The topological polar surface area (TPSA) is 42.4 Å². The Balaban J connectivity index is 1.60. The van der Waals surface area contributed by atoms with Crippen LogP contribution in [0.2, 0.25) is 0 Å². The maximum atomic E-state index is 12.7. The minimum atomic E-state index is 0.197. The fourth-order valence-corrected chi connectivity index (χ4v) is 4.28. The number of rotatable bonds is 7. The summed E-state index contributed by atoms with van der Waals surface area (Å²) in [5.41, 5.74) is 4.10. The minimum Gasteiger partial charge on any atom is -0.376 e. The molecule has 2 aromatic heterocycles. The molecule has 2 aromatic rings. The molecule has 4 nitrogen and oxygen atoms in total. The van der Waals surface area contributed by atoms with Crippen LogP contribution in [0.3, 0.4) is 0 Å². The lowest BCUT2D eigenvalue weighted by atomic mass is 10.1. The molecule has 0 bridgehead atoms. The third-order valence-corrected chi connectivity index (χ3v) is 5.89. The van der Waals surface area contributed by atoms with Crippen molar-refractivity contribution in [1.82, 2.24) is 9.88 Å². The first-order valence-corrected chi connectivity index (χ1v) is 9.84. The van der Waals surface area contributed by atoms with Gasteiger partial charge >= 0.3 is 0 Å². The standard InChI is InChI=1S/C17H22N2O2S2/c1-13-16(23-12-18-13)4-5-17(20)19(9-14-6-8-22-11-14)10-15-3-2-7-21-15/h6,8,11-12,15H,2-5,7,9-10H2,1H3. The maximum absolute atomic E-state index is 12.7. The summed E-state index contributed by atoms with van der Waals surface area (Å²) in [5.74, 6) is 0.208. The Morgan fingerprint density at radius 1 is 1.52 bits per heavy atom. The predicted molar refractivity (Wildman–Crippen MR) is 93.9 cm³/mol. The van der Waals surface area contributed by atoms with Crippen molar-refractivity contribution in [2.45, 2.75) is 45.3 Å². The Hall–Kier alpha value is -1.24. The van der Waals surface area contributed by atoms with Gasteiger partial charge in [-0.05, 0) is 48.6 Å². The third kappa shape index (κ3) is 4.62. The van der Waals surface area contributed by atoms with E-state index in [9.17, 15) is 4.79 Å². The van der Waals surface area contributed by atoms with Crippen LogP contribution >= 0.6 is 22.7 Å². The molecule has 1 aliphatic heterocycles. The van der Waals surface area contributed by atoms with Gasteiger partial charge < -0.3 is 9.64 Å². The van der Waals surface area contributed by atoms with Crippen LogP contribution in [0, 0.1) is 6.92 Å². The van der Waals surface area contributed by atoms with Gasteiger partial charge in [-0.2, -0.15) is 11.3 Å². The molecule has 1 fully saturated rings. The summed E-state index contributed by atoms with van der Waals surface area (Å²) in [6.45, 7) is 4.22. The van der Waals surface area contributed by atoms with Crippen LogP contribution in [0.5, 0.6) is 0 Å². The number of thiophene rings is 1. The van der Waals surface area contributed by atoms with Gasteiger partial charge in [0.05, 0.1) is 17.3 Å². The second-order valence-electron chi connectivity index (χ2n) is 5.90. The van der Waals surface area contributed by atoms with Crippen molar-refractivity contribution in [2.24, 2.45) is 0 Å². The van der Waals surface area contributed by atoms with E-state index in [4.69, 9.17) is 4.74 Å². The zero-order chi connectivity index (χ0) is 16.1. The highest BCUT2D eigenvalue weighted by molar-refractivity contribution is 7.09. The largest absolute Gasteiger partial charge is 0.376 e. The Bertz CT molecular complexity index is 618. The van der Waals surface area contributed by atoms with Crippen molar-refractivity contribution < 1.29 is 9.53 Å². The Morgan fingerprint density at radius 3 is 3.09 bits per heavy atom. The molecule has 0 aliphatic carbocycles. The van der Waals surface area contributed by atoms with Crippen LogP contribution in [0.1, 0.15) is 35.4 Å². The first-order valence-electron chi connectivity index (χ1n) is 8.02. The number of amides is 1. The monoisotopic (exact) mass is 350 g/mol. The second kappa shape index (κ2) is 8.04. The van der Waals surface area contributed by atoms with E-state index >= 15 is 0 Å². The summed E-state index contributed by atoms with van der Waals surface area (Å²) in [5, 5.41) is 4.17. The molecule has 1 unspecified atom stereocenters. The van der Waals surface area contributed by atoms with E-state index in [1.54, 1.807) is 22.7 Å². The number of hydrogen-bond acceptors (Lipinski definition) is 5. The Kier molecular flexibility index (Phi) is 5.80. The van der Waals surface area contributed by atoms with Crippen LogP contribution in [0.25, 0.3) is 0 Å². The van der Waals surface area contributed by atoms with Gasteiger partial charge in [-0.25, -0.2) is 4.98 Å². The molecule has 1 atom stereocenters. The lowest BCUT2D eigenvalue weighted by Gasteiger charge is -2.25. The smallest absolute Gasteiger partial charge is 0.223 e. The van der Waals surface area contributed by atoms with Crippen molar-refractivity contribution >= 4 is 28.6 Å². The fourth-order valence-electron chi connectivity index (χ4n) is 2.84. The van der Waals surface area contributed by atoms with Gasteiger partial charge in [-0.3, -0.25) is 4.79 Å². The molecule has 0 aromatic carbocycles. The average molecular weight is 351 g/mol. The van der Waals surface area contributed by atoms with E-state index in [2.05, 4.69) is 21.8 Å². The van der Waals surface area contributed by atoms with E-state index < -0.39 is 0 Å². The van der Waals surface area contributed by atoms with Gasteiger partial charge in [-0.1, -0.05) is 0 Å². The van der Waals surface area contributed by atoms with Crippen molar-refractivity contribution in [3.8, 4) is 0 Å². The van der Waals surface area contributed by atoms with Crippen LogP contribution in [0.15, 0.2) is 22.3 Å². The van der Waals surface area contributed by atoms with Crippen LogP contribution in [-0.2, 0) is 22.5 Å². The number of thiazole rings is 1. The number of hydrogen-bond donors (Lipinski definition) is 0. The number of carbonyl (C=O) groups is 1. The quantitative estimate of drug-likeness (QED) is 0.765. The third-order valence-electron chi connectivity index (χ3n) is 4.17. The molecule has 3 rings (SSSR count). The molecular weight excluding hydrogens is 328 g/mol. The molecule has 23 heavy (non-hydrogen) atoms. The van der Waals surface area contributed by atoms with Crippen molar-refractivity contribution in [3.05, 3.63) is 38.5 Å². The van der Waals surface area contributed by atoms with Gasteiger partial charge in [0.15, 0.2) is 0 Å². The lowest BCUT2D eigenvalue weighted by Crippen LogP contribution is -2.37. The molecular formula is C17H22N2O2S2.